The van der Waals surface area contributed by atoms with Gasteiger partial charge in [0.15, 0.2) is 5.82 Å². The maximum absolute atomic E-state index is 5.40. The summed E-state index contributed by atoms with van der Waals surface area (Å²) < 4.78 is 15.7. The summed E-state index contributed by atoms with van der Waals surface area (Å²) in [5, 5.41) is 7.41. The van der Waals surface area contributed by atoms with Crippen molar-refractivity contribution in [3.63, 3.8) is 0 Å². The lowest BCUT2D eigenvalue weighted by Gasteiger charge is -2.04. The highest BCUT2D eigenvalue weighted by Gasteiger charge is 2.26. The van der Waals surface area contributed by atoms with Crippen LogP contribution in [0.2, 0.25) is 0 Å². The van der Waals surface area contributed by atoms with E-state index in [0.717, 1.165) is 12.1 Å². The first-order valence-corrected chi connectivity index (χ1v) is 7.10. The molecule has 0 aliphatic carbocycles. The van der Waals surface area contributed by atoms with Gasteiger partial charge in [-0.05, 0) is 11.6 Å². The molecule has 1 aromatic carbocycles. The second-order valence-electron chi connectivity index (χ2n) is 4.96. The van der Waals surface area contributed by atoms with E-state index in [-0.39, 0.29) is 6.04 Å². The summed E-state index contributed by atoms with van der Waals surface area (Å²) in [6.45, 7) is 1.75. The van der Waals surface area contributed by atoms with E-state index in [9.17, 15) is 0 Å². The molecule has 1 atom stereocenters. The van der Waals surface area contributed by atoms with Crippen LogP contribution in [0.4, 0.5) is 5.69 Å². The molecule has 0 saturated heterocycles. The molecule has 0 fully saturated rings. The molecule has 0 amide bonds. The van der Waals surface area contributed by atoms with Crippen molar-refractivity contribution in [1.29, 1.82) is 0 Å². The van der Waals surface area contributed by atoms with Gasteiger partial charge >= 0.3 is 0 Å². The van der Waals surface area contributed by atoms with Gasteiger partial charge in [0.2, 0.25) is 5.89 Å². The Morgan fingerprint density at radius 1 is 1.29 bits per heavy atom. The first-order valence-electron chi connectivity index (χ1n) is 7.10. The van der Waals surface area contributed by atoms with E-state index in [1.807, 2.05) is 12.1 Å². The van der Waals surface area contributed by atoms with Gasteiger partial charge in [0.25, 0.3) is 0 Å². The van der Waals surface area contributed by atoms with Crippen LogP contribution in [0.1, 0.15) is 23.3 Å². The minimum absolute atomic E-state index is 0.0676. The summed E-state index contributed by atoms with van der Waals surface area (Å²) in [4.78, 5) is 4.44. The number of benzene rings is 1. The van der Waals surface area contributed by atoms with Crippen LogP contribution < -0.4 is 5.32 Å². The van der Waals surface area contributed by atoms with Crippen LogP contribution in [0.5, 0.6) is 0 Å². The highest BCUT2D eigenvalue weighted by Crippen LogP contribution is 2.32. The topological polar surface area (TPSA) is 69.4 Å². The van der Waals surface area contributed by atoms with Crippen LogP contribution in [0, 0.1) is 0 Å². The molecule has 0 saturated carbocycles. The lowest BCUT2D eigenvalue weighted by molar-refractivity contribution is 0.0714. The fourth-order valence-corrected chi connectivity index (χ4v) is 2.37. The molecular formula is C15H19N3O3. The van der Waals surface area contributed by atoms with Crippen LogP contribution in [0.25, 0.3) is 0 Å². The van der Waals surface area contributed by atoms with Gasteiger partial charge in [-0.3, -0.25) is 0 Å². The van der Waals surface area contributed by atoms with Gasteiger partial charge in [-0.2, -0.15) is 4.98 Å². The zero-order valence-corrected chi connectivity index (χ0v) is 12.0. The fraction of sp³-hybridized carbons (Fsp3) is 0.467. The molecule has 6 heteroatoms. The molecule has 1 aliphatic heterocycles. The maximum Gasteiger partial charge on any atom is 0.249 e. The Balaban J connectivity index is 1.52. The highest BCUT2D eigenvalue weighted by molar-refractivity contribution is 5.56. The predicted molar refractivity (Wildman–Crippen MR) is 77.2 cm³/mol. The number of ether oxygens (including phenoxy) is 2. The van der Waals surface area contributed by atoms with Gasteiger partial charge < -0.3 is 19.3 Å². The van der Waals surface area contributed by atoms with E-state index in [2.05, 4.69) is 27.6 Å². The number of aromatic nitrogens is 2. The number of methoxy groups -OCH3 is 1. The largest absolute Gasteiger partial charge is 0.382 e. The van der Waals surface area contributed by atoms with Gasteiger partial charge in [0, 0.05) is 25.6 Å². The summed E-state index contributed by atoms with van der Waals surface area (Å²) in [6, 6.07) is 8.31. The SMILES string of the molecule is COCCOCCc1noc([C@@H]2Cc3ccccc3N2)n1. The van der Waals surface area contributed by atoms with E-state index in [1.54, 1.807) is 7.11 Å². The van der Waals surface area contributed by atoms with Crippen LogP contribution in [0.3, 0.4) is 0 Å². The molecule has 0 bridgehead atoms. The number of anilines is 1. The number of hydrogen-bond donors (Lipinski definition) is 1. The summed E-state index contributed by atoms with van der Waals surface area (Å²) in [5.41, 5.74) is 2.43. The average molecular weight is 289 g/mol. The van der Waals surface area contributed by atoms with E-state index >= 15 is 0 Å². The maximum atomic E-state index is 5.40. The standard InChI is InChI=1S/C15H19N3O3/c1-19-8-9-20-7-6-14-17-15(21-18-14)13-10-11-4-2-3-5-12(11)16-13/h2-5,13,16H,6-10H2,1H3/t13-/m0/s1. The van der Waals surface area contributed by atoms with Crippen molar-refractivity contribution in [2.24, 2.45) is 0 Å². The molecule has 3 rings (SSSR count). The van der Waals surface area contributed by atoms with E-state index < -0.39 is 0 Å². The number of rotatable bonds is 7. The third-order valence-corrected chi connectivity index (χ3v) is 3.45. The normalized spacial score (nSPS) is 16.7. The first kappa shape index (κ1) is 14.0. The molecule has 2 aromatic rings. The van der Waals surface area contributed by atoms with Crippen molar-refractivity contribution in [2.75, 3.05) is 32.2 Å². The molecule has 6 nitrogen and oxygen atoms in total. The first-order chi connectivity index (χ1) is 10.4. The Hall–Kier alpha value is -1.92. The van der Waals surface area contributed by atoms with Gasteiger partial charge in [0.05, 0.1) is 19.8 Å². The Morgan fingerprint density at radius 2 is 2.19 bits per heavy atom. The molecule has 0 radical (unpaired) electrons. The third kappa shape index (κ3) is 3.40. The minimum Gasteiger partial charge on any atom is -0.382 e. The smallest absolute Gasteiger partial charge is 0.249 e. The Bertz CT molecular complexity index is 560. The quantitative estimate of drug-likeness (QED) is 0.786. The Morgan fingerprint density at radius 3 is 3.05 bits per heavy atom. The number of fused-ring (bicyclic) bond motifs is 1. The Kier molecular flexibility index (Phi) is 4.47. The summed E-state index contributed by atoms with van der Waals surface area (Å²) >= 11 is 0. The molecule has 1 aromatic heterocycles. The minimum atomic E-state index is 0.0676. The number of para-hydroxylation sites is 1. The van der Waals surface area contributed by atoms with Crippen LogP contribution >= 0.6 is 0 Å². The summed E-state index contributed by atoms with van der Waals surface area (Å²) in [7, 11) is 1.65. The van der Waals surface area contributed by atoms with Crippen molar-refractivity contribution < 1.29 is 14.0 Å². The van der Waals surface area contributed by atoms with E-state index in [1.165, 1.54) is 5.56 Å². The molecule has 21 heavy (non-hydrogen) atoms. The highest BCUT2D eigenvalue weighted by atomic mass is 16.5. The second-order valence-corrected chi connectivity index (χ2v) is 4.96. The molecular weight excluding hydrogens is 270 g/mol. The average Bonchev–Trinajstić information content (AvgIpc) is 3.13. The van der Waals surface area contributed by atoms with E-state index in [4.69, 9.17) is 14.0 Å². The summed E-state index contributed by atoms with van der Waals surface area (Å²) in [5.74, 6) is 1.32. The number of nitrogens with zero attached hydrogens (tertiary/aromatic N) is 2. The Labute approximate surface area is 123 Å². The monoisotopic (exact) mass is 289 g/mol. The van der Waals surface area contributed by atoms with Crippen molar-refractivity contribution >= 4 is 5.69 Å². The third-order valence-electron chi connectivity index (χ3n) is 3.45. The van der Waals surface area contributed by atoms with Crippen molar-refractivity contribution in [2.45, 2.75) is 18.9 Å². The van der Waals surface area contributed by atoms with Gasteiger partial charge in [-0.15, -0.1) is 0 Å². The van der Waals surface area contributed by atoms with Crippen molar-refractivity contribution in [1.82, 2.24) is 10.1 Å². The number of nitrogens with one attached hydrogen (secondary N) is 1. The molecule has 2 heterocycles. The van der Waals surface area contributed by atoms with Gasteiger partial charge in [-0.1, -0.05) is 23.4 Å². The van der Waals surface area contributed by atoms with Crippen molar-refractivity contribution in [3.05, 3.63) is 41.5 Å². The molecule has 0 spiro atoms. The molecule has 1 aliphatic rings. The lowest BCUT2D eigenvalue weighted by Crippen LogP contribution is -2.07. The summed E-state index contributed by atoms with van der Waals surface area (Å²) in [6.07, 6.45) is 1.52. The van der Waals surface area contributed by atoms with Crippen LogP contribution in [-0.4, -0.2) is 37.1 Å². The lowest BCUT2D eigenvalue weighted by atomic mass is 10.1. The van der Waals surface area contributed by atoms with Gasteiger partial charge in [-0.25, -0.2) is 0 Å². The van der Waals surface area contributed by atoms with Crippen LogP contribution in [-0.2, 0) is 22.3 Å². The van der Waals surface area contributed by atoms with Crippen molar-refractivity contribution in [3.8, 4) is 0 Å². The fourth-order valence-electron chi connectivity index (χ4n) is 2.37. The molecule has 0 unspecified atom stereocenters. The second kappa shape index (κ2) is 6.69. The van der Waals surface area contributed by atoms with E-state index in [0.29, 0.717) is 38.0 Å². The molecule has 112 valence electrons. The van der Waals surface area contributed by atoms with Gasteiger partial charge in [0.1, 0.15) is 6.04 Å². The number of hydrogen-bond acceptors (Lipinski definition) is 6. The molecule has 1 N–H and O–H groups in total. The predicted octanol–water partition coefficient (Wildman–Crippen LogP) is 1.98. The zero-order chi connectivity index (χ0) is 14.5. The van der Waals surface area contributed by atoms with Crippen LogP contribution in [0.15, 0.2) is 28.8 Å². The zero-order valence-electron chi connectivity index (χ0n) is 12.0.